The molecule has 0 saturated heterocycles. The van der Waals surface area contributed by atoms with Crippen molar-refractivity contribution in [3.63, 3.8) is 0 Å². The second-order valence-electron chi connectivity index (χ2n) is 3.00. The van der Waals surface area contributed by atoms with Crippen molar-refractivity contribution in [2.24, 2.45) is 4.99 Å². The fourth-order valence-electron chi connectivity index (χ4n) is 1.25. The van der Waals surface area contributed by atoms with E-state index in [0.717, 1.165) is 5.70 Å². The van der Waals surface area contributed by atoms with Crippen LogP contribution in [0.1, 0.15) is 20.3 Å². The summed E-state index contributed by atoms with van der Waals surface area (Å²) in [5, 5.41) is 8.50. The van der Waals surface area contributed by atoms with Gasteiger partial charge in [-0.3, -0.25) is 0 Å². The van der Waals surface area contributed by atoms with E-state index >= 15 is 0 Å². The lowest BCUT2D eigenvalue weighted by Crippen LogP contribution is -2.36. The summed E-state index contributed by atoms with van der Waals surface area (Å²) in [7, 11) is 0. The zero-order valence-corrected chi connectivity index (χ0v) is 9.89. The number of halogens is 1. The highest BCUT2D eigenvalue weighted by Gasteiger charge is 2.16. The lowest BCUT2D eigenvalue weighted by molar-refractivity contribution is 0.386. The van der Waals surface area contributed by atoms with Gasteiger partial charge in [0, 0.05) is 6.04 Å². The highest BCUT2D eigenvalue weighted by molar-refractivity contribution is 14.1. The van der Waals surface area contributed by atoms with E-state index < -0.39 is 0 Å². The van der Waals surface area contributed by atoms with Crippen LogP contribution >= 0.6 is 22.6 Å². The molecule has 70 valence electrons. The summed E-state index contributed by atoms with van der Waals surface area (Å²) >= 11 is 2.35. The van der Waals surface area contributed by atoms with Gasteiger partial charge in [-0.2, -0.15) is 5.26 Å². The van der Waals surface area contributed by atoms with Crippen molar-refractivity contribution >= 4 is 28.9 Å². The first kappa shape index (κ1) is 10.5. The number of nitrogens with zero attached hydrogens (tertiary/aromatic N) is 3. The Morgan fingerprint density at radius 2 is 2.54 bits per heavy atom. The third-order valence-electron chi connectivity index (χ3n) is 1.93. The summed E-state index contributed by atoms with van der Waals surface area (Å²) in [5.74, 6) is 0. The molecule has 0 amide bonds. The second-order valence-corrected chi connectivity index (χ2v) is 4.80. The van der Waals surface area contributed by atoms with E-state index in [4.69, 9.17) is 5.26 Å². The molecule has 0 aromatic heterocycles. The van der Waals surface area contributed by atoms with E-state index in [1.54, 1.807) is 0 Å². The molecule has 3 nitrogen and oxygen atoms in total. The first-order valence-corrected chi connectivity index (χ1v) is 5.43. The topological polar surface area (TPSA) is 39.4 Å². The number of rotatable bonds is 2. The molecule has 0 aromatic carbocycles. The molecule has 4 heteroatoms. The van der Waals surface area contributed by atoms with Gasteiger partial charge >= 0.3 is 0 Å². The van der Waals surface area contributed by atoms with Gasteiger partial charge in [-0.25, -0.2) is 4.99 Å². The summed E-state index contributed by atoms with van der Waals surface area (Å²) in [6, 6.07) is 2.44. The Labute approximate surface area is 92.3 Å². The van der Waals surface area contributed by atoms with Gasteiger partial charge in [-0.1, -0.05) is 22.6 Å². The molecule has 1 aliphatic heterocycles. The number of hydrogen-bond donors (Lipinski definition) is 0. The lowest BCUT2D eigenvalue weighted by atomic mass is 10.2. The van der Waals surface area contributed by atoms with Gasteiger partial charge in [0.25, 0.3) is 0 Å². The number of alkyl halides is 1. The molecular formula is C9H12IN3. The van der Waals surface area contributed by atoms with Crippen LogP contribution in [0.2, 0.25) is 0 Å². The number of aliphatic imine (C=N–C) groups is 1. The summed E-state index contributed by atoms with van der Waals surface area (Å²) < 4.78 is 0.427. The van der Waals surface area contributed by atoms with E-state index in [1.807, 2.05) is 12.4 Å². The van der Waals surface area contributed by atoms with Crippen molar-refractivity contribution in [2.45, 2.75) is 30.4 Å². The van der Waals surface area contributed by atoms with Gasteiger partial charge in [0.05, 0.1) is 28.6 Å². The Hall–Kier alpha value is -0.570. The van der Waals surface area contributed by atoms with Crippen LogP contribution in [0.4, 0.5) is 0 Å². The molecule has 1 heterocycles. The number of allylic oxidation sites excluding steroid dienone is 1. The van der Waals surface area contributed by atoms with Gasteiger partial charge in [0.1, 0.15) is 0 Å². The lowest BCUT2D eigenvalue weighted by Gasteiger charge is -2.30. The molecule has 0 bridgehead atoms. The molecule has 0 saturated carbocycles. The van der Waals surface area contributed by atoms with E-state index in [-0.39, 0.29) is 0 Å². The Kier molecular flexibility index (Phi) is 3.72. The Bertz CT molecular complexity index is 275. The SMILES string of the molecule is CC(I)N1C=NC(CC#N)=CC1C. The number of nitriles is 1. The Balaban J connectivity index is 2.68. The third kappa shape index (κ3) is 2.69. The van der Waals surface area contributed by atoms with Gasteiger partial charge in [-0.15, -0.1) is 0 Å². The van der Waals surface area contributed by atoms with Crippen LogP contribution in [-0.4, -0.2) is 21.3 Å². The van der Waals surface area contributed by atoms with Gasteiger partial charge in [0.15, 0.2) is 0 Å². The van der Waals surface area contributed by atoms with Crippen LogP contribution in [0.15, 0.2) is 16.8 Å². The zero-order chi connectivity index (χ0) is 9.84. The summed E-state index contributed by atoms with van der Waals surface area (Å²) in [5.41, 5.74) is 0.878. The summed E-state index contributed by atoms with van der Waals surface area (Å²) in [4.78, 5) is 6.36. The molecular weight excluding hydrogens is 277 g/mol. The molecule has 13 heavy (non-hydrogen) atoms. The largest absolute Gasteiger partial charge is 0.345 e. The smallest absolute Gasteiger partial charge is 0.0921 e. The van der Waals surface area contributed by atoms with E-state index in [2.05, 4.69) is 52.4 Å². The highest BCUT2D eigenvalue weighted by atomic mass is 127. The molecule has 0 aromatic rings. The van der Waals surface area contributed by atoms with Crippen LogP contribution in [0.25, 0.3) is 0 Å². The second kappa shape index (κ2) is 4.61. The normalized spacial score (nSPS) is 23.7. The first-order chi connectivity index (χ1) is 6.15. The van der Waals surface area contributed by atoms with Gasteiger partial charge in [0.2, 0.25) is 0 Å². The first-order valence-electron chi connectivity index (χ1n) is 4.18. The molecule has 2 unspecified atom stereocenters. The fourth-order valence-corrected chi connectivity index (χ4v) is 1.91. The van der Waals surface area contributed by atoms with Gasteiger partial charge < -0.3 is 4.90 Å². The maximum atomic E-state index is 8.50. The van der Waals surface area contributed by atoms with Gasteiger partial charge in [-0.05, 0) is 19.9 Å². The maximum absolute atomic E-state index is 8.50. The predicted molar refractivity (Wildman–Crippen MR) is 61.6 cm³/mol. The third-order valence-corrected chi connectivity index (χ3v) is 2.58. The highest BCUT2D eigenvalue weighted by Crippen LogP contribution is 2.17. The maximum Gasteiger partial charge on any atom is 0.0921 e. The van der Waals surface area contributed by atoms with E-state index in [0.29, 0.717) is 16.5 Å². The minimum atomic E-state index is 0.341. The van der Waals surface area contributed by atoms with Crippen molar-refractivity contribution < 1.29 is 0 Å². The van der Waals surface area contributed by atoms with Crippen molar-refractivity contribution in [3.8, 4) is 6.07 Å². The molecule has 0 spiro atoms. The van der Waals surface area contributed by atoms with E-state index in [9.17, 15) is 0 Å². The monoisotopic (exact) mass is 289 g/mol. The van der Waals surface area contributed by atoms with Crippen LogP contribution in [-0.2, 0) is 0 Å². The van der Waals surface area contributed by atoms with Crippen molar-refractivity contribution in [1.29, 1.82) is 5.26 Å². The predicted octanol–water partition coefficient (Wildman–Crippen LogP) is 2.30. The van der Waals surface area contributed by atoms with Crippen LogP contribution in [0.5, 0.6) is 0 Å². The van der Waals surface area contributed by atoms with Crippen molar-refractivity contribution in [3.05, 3.63) is 11.8 Å². The van der Waals surface area contributed by atoms with Crippen LogP contribution < -0.4 is 0 Å². The minimum Gasteiger partial charge on any atom is -0.345 e. The standard InChI is InChI=1S/C9H12IN3/c1-7-5-9(3-4-11)12-6-13(7)8(2)10/h5-8H,3H2,1-2H3. The average Bonchev–Trinajstić information content (AvgIpc) is 2.04. The molecule has 2 atom stereocenters. The zero-order valence-electron chi connectivity index (χ0n) is 7.74. The summed E-state index contributed by atoms with van der Waals surface area (Å²) in [6.45, 7) is 4.23. The quantitative estimate of drug-likeness (QED) is 0.444. The van der Waals surface area contributed by atoms with Crippen LogP contribution in [0, 0.1) is 11.3 Å². The molecule has 0 aliphatic carbocycles. The summed E-state index contributed by atoms with van der Waals surface area (Å²) in [6.07, 6.45) is 4.27. The molecule has 1 aliphatic rings. The molecule has 0 fully saturated rings. The molecule has 1 rings (SSSR count). The van der Waals surface area contributed by atoms with E-state index in [1.165, 1.54) is 0 Å². The average molecular weight is 289 g/mol. The Morgan fingerprint density at radius 1 is 1.85 bits per heavy atom. The molecule has 0 radical (unpaired) electrons. The van der Waals surface area contributed by atoms with Crippen molar-refractivity contribution in [2.75, 3.05) is 0 Å². The number of hydrogen-bond acceptors (Lipinski definition) is 3. The Morgan fingerprint density at radius 3 is 3.00 bits per heavy atom. The van der Waals surface area contributed by atoms with Crippen LogP contribution in [0.3, 0.4) is 0 Å². The molecule has 0 N–H and O–H groups in total. The fraction of sp³-hybridized carbons (Fsp3) is 0.556. The van der Waals surface area contributed by atoms with Crippen molar-refractivity contribution in [1.82, 2.24) is 4.90 Å². The minimum absolute atomic E-state index is 0.341.